The van der Waals surface area contributed by atoms with Crippen molar-refractivity contribution in [3.05, 3.63) is 11.8 Å². The molecule has 1 aliphatic heterocycles. The second-order valence-corrected chi connectivity index (χ2v) is 4.63. The van der Waals surface area contributed by atoms with E-state index in [1.165, 1.54) is 19.4 Å². The fraction of sp³-hybridized carbons (Fsp3) is 0.800. The maximum Gasteiger partial charge on any atom is 0.0346 e. The molecule has 2 rings (SSSR count). The molecule has 1 heterocycles. The zero-order chi connectivity index (χ0) is 8.06. The van der Waals surface area contributed by atoms with E-state index in [0.29, 0.717) is 5.54 Å². The van der Waals surface area contributed by atoms with Crippen molar-refractivity contribution in [1.82, 2.24) is 4.90 Å². The lowest BCUT2D eigenvalue weighted by Gasteiger charge is -2.31. The lowest BCUT2D eigenvalue weighted by atomic mass is 9.98. The van der Waals surface area contributed by atoms with Gasteiger partial charge >= 0.3 is 0 Å². The standard InChI is InChI=1S/C10H17N/c1-8-6-10(2,3)11(7-8)9-4-5-9/h4,8H,5-7H2,1-3H3. The van der Waals surface area contributed by atoms with Crippen LogP contribution < -0.4 is 0 Å². The maximum atomic E-state index is 2.58. The van der Waals surface area contributed by atoms with E-state index in [0.717, 1.165) is 5.92 Å². The molecule has 1 nitrogen and oxygen atoms in total. The molecular formula is C10H17N. The number of likely N-dealkylation sites (tertiary alicyclic amines) is 1. The first kappa shape index (κ1) is 7.20. The molecule has 0 bridgehead atoms. The molecule has 62 valence electrons. The number of hydrogen-bond donors (Lipinski definition) is 0. The highest BCUT2D eigenvalue weighted by Crippen LogP contribution is 2.40. The monoisotopic (exact) mass is 151 g/mol. The largest absolute Gasteiger partial charge is 0.369 e. The molecule has 2 aliphatic rings. The van der Waals surface area contributed by atoms with Crippen molar-refractivity contribution in [1.29, 1.82) is 0 Å². The summed E-state index contributed by atoms with van der Waals surface area (Å²) in [7, 11) is 0. The Labute approximate surface area is 69.1 Å². The van der Waals surface area contributed by atoms with Crippen LogP contribution in [0.25, 0.3) is 0 Å². The van der Waals surface area contributed by atoms with Gasteiger partial charge in [-0.15, -0.1) is 0 Å². The summed E-state index contributed by atoms with van der Waals surface area (Å²) >= 11 is 0. The zero-order valence-electron chi connectivity index (χ0n) is 7.72. The fourth-order valence-electron chi connectivity index (χ4n) is 2.36. The SMILES string of the molecule is CC1CN(C2=CC2)C(C)(C)C1. The summed E-state index contributed by atoms with van der Waals surface area (Å²) in [6, 6.07) is 0. The lowest BCUT2D eigenvalue weighted by Crippen LogP contribution is -2.34. The van der Waals surface area contributed by atoms with Crippen LogP contribution in [0.3, 0.4) is 0 Å². The first-order chi connectivity index (χ1) is 5.09. The van der Waals surface area contributed by atoms with E-state index >= 15 is 0 Å². The van der Waals surface area contributed by atoms with Crippen molar-refractivity contribution in [2.45, 2.75) is 39.2 Å². The summed E-state index contributed by atoms with van der Waals surface area (Å²) in [5, 5.41) is 0. The predicted molar refractivity (Wildman–Crippen MR) is 47.3 cm³/mol. The van der Waals surface area contributed by atoms with Gasteiger partial charge in [-0.2, -0.15) is 0 Å². The van der Waals surface area contributed by atoms with E-state index in [-0.39, 0.29) is 0 Å². The van der Waals surface area contributed by atoms with E-state index in [1.807, 2.05) is 0 Å². The molecule has 0 aromatic heterocycles. The van der Waals surface area contributed by atoms with Crippen LogP contribution in [0.5, 0.6) is 0 Å². The van der Waals surface area contributed by atoms with E-state index in [1.54, 1.807) is 5.70 Å². The molecule has 0 aromatic rings. The van der Waals surface area contributed by atoms with Gasteiger partial charge in [-0.05, 0) is 26.2 Å². The van der Waals surface area contributed by atoms with Gasteiger partial charge in [0.05, 0.1) is 0 Å². The minimum Gasteiger partial charge on any atom is -0.369 e. The molecule has 11 heavy (non-hydrogen) atoms. The van der Waals surface area contributed by atoms with Gasteiger partial charge in [-0.1, -0.05) is 13.0 Å². The van der Waals surface area contributed by atoms with E-state index in [9.17, 15) is 0 Å². The van der Waals surface area contributed by atoms with Gasteiger partial charge in [0.1, 0.15) is 0 Å². The molecule has 1 unspecified atom stereocenters. The molecule has 0 saturated carbocycles. The van der Waals surface area contributed by atoms with Crippen LogP contribution >= 0.6 is 0 Å². The van der Waals surface area contributed by atoms with Crippen LogP contribution in [0.15, 0.2) is 11.8 Å². The summed E-state index contributed by atoms with van der Waals surface area (Å²) in [6.07, 6.45) is 4.93. The van der Waals surface area contributed by atoms with E-state index < -0.39 is 0 Å². The Kier molecular flexibility index (Phi) is 1.33. The highest BCUT2D eigenvalue weighted by Gasteiger charge is 2.38. The Morgan fingerprint density at radius 2 is 2.18 bits per heavy atom. The van der Waals surface area contributed by atoms with Crippen molar-refractivity contribution >= 4 is 0 Å². The zero-order valence-corrected chi connectivity index (χ0v) is 7.72. The molecular weight excluding hydrogens is 134 g/mol. The van der Waals surface area contributed by atoms with Crippen LogP contribution in [-0.4, -0.2) is 17.0 Å². The second kappa shape index (κ2) is 2.02. The second-order valence-electron chi connectivity index (χ2n) is 4.63. The highest BCUT2D eigenvalue weighted by molar-refractivity contribution is 5.24. The molecule has 1 fully saturated rings. The quantitative estimate of drug-likeness (QED) is 0.556. The lowest BCUT2D eigenvalue weighted by molar-refractivity contribution is 0.236. The van der Waals surface area contributed by atoms with Crippen LogP contribution in [0.4, 0.5) is 0 Å². The van der Waals surface area contributed by atoms with Gasteiger partial charge in [0.15, 0.2) is 0 Å². The van der Waals surface area contributed by atoms with Gasteiger partial charge in [0.25, 0.3) is 0 Å². The molecule has 1 heteroatoms. The molecule has 1 saturated heterocycles. The molecule has 0 spiro atoms. The molecule has 0 amide bonds. The number of allylic oxidation sites excluding steroid dienone is 2. The van der Waals surface area contributed by atoms with Crippen LogP contribution in [0.2, 0.25) is 0 Å². The Balaban J connectivity index is 2.13. The third-order valence-electron chi connectivity index (χ3n) is 2.81. The summed E-state index contributed by atoms with van der Waals surface area (Å²) in [6.45, 7) is 8.34. The average Bonchev–Trinajstić information content (AvgIpc) is 2.59. The van der Waals surface area contributed by atoms with Crippen molar-refractivity contribution < 1.29 is 0 Å². The minimum absolute atomic E-state index is 0.432. The fourth-order valence-corrected chi connectivity index (χ4v) is 2.36. The van der Waals surface area contributed by atoms with Crippen LogP contribution in [0.1, 0.15) is 33.6 Å². The summed E-state index contributed by atoms with van der Waals surface area (Å²) in [5.41, 5.74) is 2.02. The third kappa shape index (κ3) is 1.17. The first-order valence-electron chi connectivity index (χ1n) is 4.56. The number of hydrogen-bond acceptors (Lipinski definition) is 1. The topological polar surface area (TPSA) is 3.24 Å². The normalized spacial score (nSPS) is 33.9. The van der Waals surface area contributed by atoms with Gasteiger partial charge in [-0.3, -0.25) is 0 Å². The van der Waals surface area contributed by atoms with E-state index in [4.69, 9.17) is 0 Å². The highest BCUT2D eigenvalue weighted by atomic mass is 15.2. The van der Waals surface area contributed by atoms with Crippen molar-refractivity contribution in [3.8, 4) is 0 Å². The molecule has 0 aromatic carbocycles. The molecule has 1 aliphatic carbocycles. The number of nitrogens with zero attached hydrogens (tertiary/aromatic N) is 1. The average molecular weight is 151 g/mol. The van der Waals surface area contributed by atoms with Gasteiger partial charge < -0.3 is 4.90 Å². The van der Waals surface area contributed by atoms with Gasteiger partial charge in [-0.25, -0.2) is 0 Å². The summed E-state index contributed by atoms with van der Waals surface area (Å²) in [4.78, 5) is 2.58. The van der Waals surface area contributed by atoms with Gasteiger partial charge in [0.2, 0.25) is 0 Å². The Bertz CT molecular complexity index is 203. The first-order valence-corrected chi connectivity index (χ1v) is 4.56. The predicted octanol–water partition coefficient (Wildman–Crippen LogP) is 2.39. The third-order valence-corrected chi connectivity index (χ3v) is 2.81. The van der Waals surface area contributed by atoms with Crippen molar-refractivity contribution in [2.75, 3.05) is 6.54 Å². The maximum absolute atomic E-state index is 2.58. The summed E-state index contributed by atoms with van der Waals surface area (Å²) in [5.74, 6) is 0.881. The summed E-state index contributed by atoms with van der Waals surface area (Å²) < 4.78 is 0. The Morgan fingerprint density at radius 1 is 1.55 bits per heavy atom. The smallest absolute Gasteiger partial charge is 0.0346 e. The number of rotatable bonds is 1. The minimum atomic E-state index is 0.432. The van der Waals surface area contributed by atoms with Crippen LogP contribution in [-0.2, 0) is 0 Å². The van der Waals surface area contributed by atoms with E-state index in [2.05, 4.69) is 31.7 Å². The van der Waals surface area contributed by atoms with Crippen LogP contribution in [0, 0.1) is 5.92 Å². The molecule has 1 atom stereocenters. The Morgan fingerprint density at radius 3 is 2.55 bits per heavy atom. The van der Waals surface area contributed by atoms with Gasteiger partial charge in [0, 0.05) is 24.2 Å². The van der Waals surface area contributed by atoms with Crippen molar-refractivity contribution in [3.63, 3.8) is 0 Å². The molecule has 0 radical (unpaired) electrons. The van der Waals surface area contributed by atoms with Crippen molar-refractivity contribution in [2.24, 2.45) is 5.92 Å². The molecule has 0 N–H and O–H groups in total. The Hall–Kier alpha value is -0.460.